The largest absolute Gasteiger partial charge is 0.377 e. The molecular formula is C10H19N3O3. The zero-order chi connectivity index (χ0) is 12.3. The van der Waals surface area contributed by atoms with Crippen molar-refractivity contribution in [2.75, 3.05) is 19.8 Å². The van der Waals surface area contributed by atoms with Gasteiger partial charge in [-0.25, -0.2) is 0 Å². The standard InChI is InChI=1S/C10H19N3O3/c1-6(2)8(11)10(15)13-3-4-16-5-7(13)9(12)14/h6-8H,3-5,11H2,1-2H3,(H2,12,14)/t7?,8-/m1/s1. The van der Waals surface area contributed by atoms with Gasteiger partial charge in [-0.05, 0) is 5.92 Å². The van der Waals surface area contributed by atoms with Crippen LogP contribution in [-0.2, 0) is 14.3 Å². The molecule has 0 bridgehead atoms. The Morgan fingerprint density at radius 2 is 2.06 bits per heavy atom. The third-order valence-electron chi connectivity index (χ3n) is 2.74. The predicted octanol–water partition coefficient (Wildman–Crippen LogP) is -1.32. The summed E-state index contributed by atoms with van der Waals surface area (Å²) < 4.78 is 5.13. The van der Waals surface area contributed by atoms with Crippen molar-refractivity contribution in [2.24, 2.45) is 17.4 Å². The first kappa shape index (κ1) is 12.9. The first-order valence-electron chi connectivity index (χ1n) is 5.38. The quantitative estimate of drug-likeness (QED) is 0.627. The maximum Gasteiger partial charge on any atom is 0.242 e. The number of primary amides is 1. The lowest BCUT2D eigenvalue weighted by atomic mass is 10.0. The van der Waals surface area contributed by atoms with Gasteiger partial charge in [-0.2, -0.15) is 0 Å². The molecular weight excluding hydrogens is 210 g/mol. The molecule has 0 aromatic rings. The number of hydrogen-bond donors (Lipinski definition) is 2. The number of morpholine rings is 1. The van der Waals surface area contributed by atoms with Crippen LogP contribution in [0.1, 0.15) is 13.8 Å². The second-order valence-electron chi connectivity index (χ2n) is 4.29. The van der Waals surface area contributed by atoms with Crippen molar-refractivity contribution in [3.63, 3.8) is 0 Å². The zero-order valence-corrected chi connectivity index (χ0v) is 9.68. The van der Waals surface area contributed by atoms with Gasteiger partial charge in [0, 0.05) is 6.54 Å². The number of carbonyl (C=O) groups is 2. The van der Waals surface area contributed by atoms with Crippen molar-refractivity contribution in [2.45, 2.75) is 25.9 Å². The van der Waals surface area contributed by atoms with Gasteiger partial charge >= 0.3 is 0 Å². The normalized spacial score (nSPS) is 23.2. The number of rotatable bonds is 3. The molecule has 0 radical (unpaired) electrons. The van der Waals surface area contributed by atoms with Gasteiger partial charge in [0.2, 0.25) is 11.8 Å². The first-order valence-corrected chi connectivity index (χ1v) is 5.38. The fraction of sp³-hybridized carbons (Fsp3) is 0.800. The van der Waals surface area contributed by atoms with Crippen molar-refractivity contribution >= 4 is 11.8 Å². The van der Waals surface area contributed by atoms with Crippen LogP contribution in [0, 0.1) is 5.92 Å². The van der Waals surface area contributed by atoms with Crippen molar-refractivity contribution in [3.8, 4) is 0 Å². The second kappa shape index (κ2) is 5.27. The predicted molar refractivity (Wildman–Crippen MR) is 58.3 cm³/mol. The first-order chi connectivity index (χ1) is 7.45. The lowest BCUT2D eigenvalue weighted by Gasteiger charge is -2.35. The molecule has 0 aromatic heterocycles. The van der Waals surface area contributed by atoms with Crippen molar-refractivity contribution in [1.29, 1.82) is 0 Å². The molecule has 0 aromatic carbocycles. The number of nitrogens with two attached hydrogens (primary N) is 2. The number of nitrogens with zero attached hydrogens (tertiary/aromatic N) is 1. The van der Waals surface area contributed by atoms with E-state index in [1.54, 1.807) is 0 Å². The van der Waals surface area contributed by atoms with E-state index < -0.39 is 18.0 Å². The highest BCUT2D eigenvalue weighted by Crippen LogP contribution is 2.11. The number of amides is 2. The summed E-state index contributed by atoms with van der Waals surface area (Å²) in [7, 11) is 0. The highest BCUT2D eigenvalue weighted by molar-refractivity contribution is 5.89. The van der Waals surface area contributed by atoms with Crippen LogP contribution < -0.4 is 11.5 Å². The number of carbonyl (C=O) groups excluding carboxylic acids is 2. The smallest absolute Gasteiger partial charge is 0.242 e. The Kier molecular flexibility index (Phi) is 4.26. The molecule has 1 aliphatic heterocycles. The summed E-state index contributed by atoms with van der Waals surface area (Å²) in [6.45, 7) is 4.67. The minimum atomic E-state index is -0.689. The molecule has 6 heteroatoms. The molecule has 1 saturated heterocycles. The molecule has 1 heterocycles. The van der Waals surface area contributed by atoms with Gasteiger partial charge in [-0.1, -0.05) is 13.8 Å². The molecule has 2 amide bonds. The topological polar surface area (TPSA) is 98.7 Å². The molecule has 1 fully saturated rings. The minimum Gasteiger partial charge on any atom is -0.377 e. The van der Waals surface area contributed by atoms with Crippen LogP contribution in [0.15, 0.2) is 0 Å². The molecule has 16 heavy (non-hydrogen) atoms. The van der Waals surface area contributed by atoms with Crippen LogP contribution in [0.2, 0.25) is 0 Å². The van der Waals surface area contributed by atoms with E-state index in [0.29, 0.717) is 13.2 Å². The van der Waals surface area contributed by atoms with Gasteiger partial charge in [-0.3, -0.25) is 9.59 Å². The third-order valence-corrected chi connectivity index (χ3v) is 2.74. The van der Waals surface area contributed by atoms with Gasteiger partial charge in [-0.15, -0.1) is 0 Å². The molecule has 2 atom stereocenters. The average Bonchev–Trinajstić information content (AvgIpc) is 2.26. The second-order valence-corrected chi connectivity index (χ2v) is 4.29. The summed E-state index contributed by atoms with van der Waals surface area (Å²) in [6, 6.07) is -1.29. The highest BCUT2D eigenvalue weighted by Gasteiger charge is 2.34. The number of hydrogen-bond acceptors (Lipinski definition) is 4. The maximum absolute atomic E-state index is 12.0. The SMILES string of the molecule is CC(C)[C@@H](N)C(=O)N1CCOCC1C(N)=O. The van der Waals surface area contributed by atoms with Gasteiger partial charge in [0.15, 0.2) is 0 Å². The Morgan fingerprint density at radius 1 is 1.44 bits per heavy atom. The van der Waals surface area contributed by atoms with Gasteiger partial charge in [0.1, 0.15) is 6.04 Å². The van der Waals surface area contributed by atoms with Crippen LogP contribution >= 0.6 is 0 Å². The van der Waals surface area contributed by atoms with E-state index in [-0.39, 0.29) is 18.4 Å². The minimum absolute atomic E-state index is 0.0314. The van der Waals surface area contributed by atoms with Gasteiger partial charge < -0.3 is 21.1 Å². The van der Waals surface area contributed by atoms with Crippen LogP contribution in [0.25, 0.3) is 0 Å². The lowest BCUT2D eigenvalue weighted by Crippen LogP contribution is -2.59. The van der Waals surface area contributed by atoms with E-state index in [4.69, 9.17) is 16.2 Å². The Morgan fingerprint density at radius 3 is 2.56 bits per heavy atom. The summed E-state index contributed by atoms with van der Waals surface area (Å²) in [5.74, 6) is -0.755. The van der Waals surface area contributed by atoms with Crippen LogP contribution in [-0.4, -0.2) is 48.6 Å². The van der Waals surface area contributed by atoms with E-state index >= 15 is 0 Å². The molecule has 0 spiro atoms. The molecule has 1 aliphatic rings. The molecule has 92 valence electrons. The van der Waals surface area contributed by atoms with E-state index in [2.05, 4.69) is 0 Å². The molecule has 1 unspecified atom stereocenters. The summed E-state index contributed by atoms with van der Waals surface area (Å²) in [4.78, 5) is 24.6. The van der Waals surface area contributed by atoms with Crippen molar-refractivity contribution < 1.29 is 14.3 Å². The fourth-order valence-electron chi connectivity index (χ4n) is 1.58. The summed E-state index contributed by atoms with van der Waals surface area (Å²) in [5, 5.41) is 0. The lowest BCUT2D eigenvalue weighted by molar-refractivity contribution is -0.148. The van der Waals surface area contributed by atoms with Gasteiger partial charge in [0.05, 0.1) is 19.3 Å². The average molecular weight is 229 g/mol. The summed E-state index contributed by atoms with van der Waals surface area (Å²) >= 11 is 0. The summed E-state index contributed by atoms with van der Waals surface area (Å²) in [6.07, 6.45) is 0. The van der Waals surface area contributed by atoms with Crippen molar-refractivity contribution in [1.82, 2.24) is 4.90 Å². The molecule has 1 rings (SSSR count). The summed E-state index contributed by atoms with van der Waals surface area (Å²) in [5.41, 5.74) is 11.0. The Labute approximate surface area is 94.9 Å². The maximum atomic E-state index is 12.0. The Balaban J connectivity index is 2.75. The highest BCUT2D eigenvalue weighted by atomic mass is 16.5. The third kappa shape index (κ3) is 2.70. The van der Waals surface area contributed by atoms with Crippen LogP contribution in [0.5, 0.6) is 0 Å². The van der Waals surface area contributed by atoms with E-state index in [1.165, 1.54) is 4.90 Å². The van der Waals surface area contributed by atoms with Crippen LogP contribution in [0.3, 0.4) is 0 Å². The van der Waals surface area contributed by atoms with Gasteiger partial charge in [0.25, 0.3) is 0 Å². The number of ether oxygens (including phenoxy) is 1. The molecule has 0 aliphatic carbocycles. The molecule has 4 N–H and O–H groups in total. The Hall–Kier alpha value is -1.14. The molecule has 0 saturated carbocycles. The fourth-order valence-corrected chi connectivity index (χ4v) is 1.58. The van der Waals surface area contributed by atoms with E-state index in [1.807, 2.05) is 13.8 Å². The monoisotopic (exact) mass is 229 g/mol. The van der Waals surface area contributed by atoms with Crippen LogP contribution in [0.4, 0.5) is 0 Å². The van der Waals surface area contributed by atoms with E-state index in [0.717, 1.165) is 0 Å². The molecule has 6 nitrogen and oxygen atoms in total. The van der Waals surface area contributed by atoms with E-state index in [9.17, 15) is 9.59 Å². The van der Waals surface area contributed by atoms with Crippen molar-refractivity contribution in [3.05, 3.63) is 0 Å². The zero-order valence-electron chi connectivity index (χ0n) is 9.68. The Bertz CT molecular complexity index is 280.